The third kappa shape index (κ3) is 4.56. The van der Waals surface area contributed by atoms with Gasteiger partial charge in [-0.15, -0.1) is 5.10 Å². The summed E-state index contributed by atoms with van der Waals surface area (Å²) < 4.78 is 5.44. The molecule has 0 spiro atoms. The standard InChI is InChI=1S/C19H22N4O2/c1-2-14-25-17-7-5-15(6-8-17)19(24)23-12-9-16(10-13-23)21-18-4-3-11-20-22-18/h2-8,11,16H,1,9-10,12-14H2,(H,21,22). The molecule has 130 valence electrons. The number of aromatic nitrogens is 2. The fourth-order valence-corrected chi connectivity index (χ4v) is 2.85. The normalized spacial score (nSPS) is 14.8. The second-order valence-electron chi connectivity index (χ2n) is 5.94. The Kier molecular flexibility index (Phi) is 5.61. The first-order chi connectivity index (χ1) is 12.3. The van der Waals surface area contributed by atoms with Gasteiger partial charge < -0.3 is 15.0 Å². The number of carbonyl (C=O) groups excluding carboxylic acids is 1. The van der Waals surface area contributed by atoms with Crippen LogP contribution in [-0.4, -0.2) is 46.7 Å². The topological polar surface area (TPSA) is 67.3 Å². The van der Waals surface area contributed by atoms with E-state index >= 15 is 0 Å². The first-order valence-corrected chi connectivity index (χ1v) is 8.43. The predicted octanol–water partition coefficient (Wildman–Crippen LogP) is 2.76. The number of amides is 1. The largest absolute Gasteiger partial charge is 0.490 e. The lowest BCUT2D eigenvalue weighted by molar-refractivity contribution is 0.0718. The van der Waals surface area contributed by atoms with Gasteiger partial charge in [0.2, 0.25) is 0 Å². The predicted molar refractivity (Wildman–Crippen MR) is 96.7 cm³/mol. The maximum Gasteiger partial charge on any atom is 0.253 e. The van der Waals surface area contributed by atoms with Crippen molar-refractivity contribution in [2.45, 2.75) is 18.9 Å². The Bertz CT molecular complexity index is 695. The maximum absolute atomic E-state index is 12.6. The highest BCUT2D eigenvalue weighted by Crippen LogP contribution is 2.18. The molecule has 1 amide bonds. The molecule has 1 fully saturated rings. The van der Waals surface area contributed by atoms with E-state index in [9.17, 15) is 4.79 Å². The van der Waals surface area contributed by atoms with Crippen LogP contribution in [0.15, 0.2) is 55.3 Å². The van der Waals surface area contributed by atoms with Crippen LogP contribution in [0.1, 0.15) is 23.2 Å². The van der Waals surface area contributed by atoms with Gasteiger partial charge in [-0.05, 0) is 49.2 Å². The van der Waals surface area contributed by atoms with Crippen LogP contribution < -0.4 is 10.1 Å². The van der Waals surface area contributed by atoms with Crippen LogP contribution in [0.4, 0.5) is 5.82 Å². The van der Waals surface area contributed by atoms with Gasteiger partial charge in [-0.1, -0.05) is 12.7 Å². The van der Waals surface area contributed by atoms with Gasteiger partial charge in [0.1, 0.15) is 18.2 Å². The van der Waals surface area contributed by atoms with Gasteiger partial charge in [0.25, 0.3) is 5.91 Å². The molecule has 2 heterocycles. The molecule has 2 aromatic rings. The van der Waals surface area contributed by atoms with Crippen molar-refractivity contribution in [2.24, 2.45) is 0 Å². The van der Waals surface area contributed by atoms with E-state index < -0.39 is 0 Å². The number of ether oxygens (including phenoxy) is 1. The summed E-state index contributed by atoms with van der Waals surface area (Å²) in [5, 5.41) is 11.3. The van der Waals surface area contributed by atoms with E-state index in [0.717, 1.165) is 37.5 Å². The molecule has 1 aliphatic heterocycles. The van der Waals surface area contributed by atoms with Crippen molar-refractivity contribution < 1.29 is 9.53 Å². The molecule has 3 rings (SSSR count). The first kappa shape index (κ1) is 17.0. The Hall–Kier alpha value is -2.89. The van der Waals surface area contributed by atoms with Gasteiger partial charge in [0, 0.05) is 30.9 Å². The van der Waals surface area contributed by atoms with Crippen molar-refractivity contribution in [2.75, 3.05) is 25.0 Å². The third-order valence-corrected chi connectivity index (χ3v) is 4.18. The molecular formula is C19H22N4O2. The highest BCUT2D eigenvalue weighted by atomic mass is 16.5. The maximum atomic E-state index is 12.6. The third-order valence-electron chi connectivity index (χ3n) is 4.18. The second-order valence-corrected chi connectivity index (χ2v) is 5.94. The zero-order chi connectivity index (χ0) is 17.5. The first-order valence-electron chi connectivity index (χ1n) is 8.43. The smallest absolute Gasteiger partial charge is 0.253 e. The number of likely N-dealkylation sites (tertiary alicyclic amines) is 1. The quantitative estimate of drug-likeness (QED) is 0.820. The van der Waals surface area contributed by atoms with Gasteiger partial charge in [0.15, 0.2) is 0 Å². The molecule has 0 saturated carbocycles. The molecule has 6 heteroatoms. The fraction of sp³-hybridized carbons (Fsp3) is 0.316. The summed E-state index contributed by atoms with van der Waals surface area (Å²) in [5.41, 5.74) is 0.686. The number of rotatable bonds is 6. The van der Waals surface area contributed by atoms with Gasteiger partial charge in [-0.2, -0.15) is 5.10 Å². The van der Waals surface area contributed by atoms with Crippen molar-refractivity contribution in [1.82, 2.24) is 15.1 Å². The molecule has 0 unspecified atom stereocenters. The minimum atomic E-state index is 0.0632. The van der Waals surface area contributed by atoms with Crippen LogP contribution >= 0.6 is 0 Å². The molecule has 1 aromatic carbocycles. The fourth-order valence-electron chi connectivity index (χ4n) is 2.85. The van der Waals surface area contributed by atoms with Gasteiger partial charge >= 0.3 is 0 Å². The van der Waals surface area contributed by atoms with Crippen LogP contribution in [0.5, 0.6) is 5.75 Å². The Morgan fingerprint density at radius 1 is 1.28 bits per heavy atom. The number of nitrogens with one attached hydrogen (secondary N) is 1. The molecule has 6 nitrogen and oxygen atoms in total. The Morgan fingerprint density at radius 2 is 2.04 bits per heavy atom. The number of benzene rings is 1. The Labute approximate surface area is 147 Å². The van der Waals surface area contributed by atoms with Gasteiger partial charge in [0.05, 0.1) is 0 Å². The number of anilines is 1. The molecule has 1 N–H and O–H groups in total. The molecular weight excluding hydrogens is 316 g/mol. The van der Waals surface area contributed by atoms with E-state index in [0.29, 0.717) is 18.2 Å². The number of hydrogen-bond acceptors (Lipinski definition) is 5. The van der Waals surface area contributed by atoms with Crippen LogP contribution in [0.25, 0.3) is 0 Å². The highest BCUT2D eigenvalue weighted by Gasteiger charge is 2.23. The Morgan fingerprint density at radius 3 is 2.68 bits per heavy atom. The van der Waals surface area contributed by atoms with Crippen LogP contribution in [0.2, 0.25) is 0 Å². The van der Waals surface area contributed by atoms with Gasteiger partial charge in [-0.25, -0.2) is 0 Å². The molecule has 1 aromatic heterocycles. The van der Waals surface area contributed by atoms with Crippen molar-refractivity contribution in [3.63, 3.8) is 0 Å². The van der Waals surface area contributed by atoms with E-state index in [2.05, 4.69) is 22.1 Å². The number of nitrogens with zero attached hydrogens (tertiary/aromatic N) is 3. The summed E-state index contributed by atoms with van der Waals surface area (Å²) in [4.78, 5) is 14.5. The van der Waals surface area contributed by atoms with E-state index in [1.54, 1.807) is 12.3 Å². The van der Waals surface area contributed by atoms with E-state index in [1.165, 1.54) is 0 Å². The summed E-state index contributed by atoms with van der Waals surface area (Å²) in [7, 11) is 0. The number of carbonyl (C=O) groups is 1. The molecule has 25 heavy (non-hydrogen) atoms. The van der Waals surface area contributed by atoms with E-state index in [1.807, 2.05) is 41.3 Å². The molecule has 0 bridgehead atoms. The average molecular weight is 338 g/mol. The monoisotopic (exact) mass is 338 g/mol. The van der Waals surface area contributed by atoms with Crippen LogP contribution in [0.3, 0.4) is 0 Å². The SMILES string of the molecule is C=CCOc1ccc(C(=O)N2CCC(Nc3cccnn3)CC2)cc1. The number of hydrogen-bond donors (Lipinski definition) is 1. The average Bonchev–Trinajstić information content (AvgIpc) is 2.68. The summed E-state index contributed by atoms with van der Waals surface area (Å²) in [6.45, 7) is 5.53. The van der Waals surface area contributed by atoms with Crippen molar-refractivity contribution >= 4 is 11.7 Å². The minimum Gasteiger partial charge on any atom is -0.490 e. The van der Waals surface area contributed by atoms with Crippen molar-refractivity contribution in [3.8, 4) is 5.75 Å². The highest BCUT2D eigenvalue weighted by molar-refractivity contribution is 5.94. The Balaban J connectivity index is 1.51. The lowest BCUT2D eigenvalue weighted by atomic mass is 10.0. The van der Waals surface area contributed by atoms with Crippen molar-refractivity contribution in [3.05, 3.63) is 60.8 Å². The zero-order valence-electron chi connectivity index (χ0n) is 14.1. The van der Waals surface area contributed by atoms with Gasteiger partial charge in [-0.3, -0.25) is 4.79 Å². The lowest BCUT2D eigenvalue weighted by Gasteiger charge is -2.32. The number of piperidine rings is 1. The molecule has 0 aliphatic carbocycles. The van der Waals surface area contributed by atoms with Crippen molar-refractivity contribution in [1.29, 1.82) is 0 Å². The van der Waals surface area contributed by atoms with Crippen LogP contribution in [0, 0.1) is 0 Å². The molecule has 0 radical (unpaired) electrons. The van der Waals surface area contributed by atoms with E-state index in [4.69, 9.17) is 4.74 Å². The molecule has 0 atom stereocenters. The summed E-state index contributed by atoms with van der Waals surface area (Å²) in [6.07, 6.45) is 5.13. The minimum absolute atomic E-state index is 0.0632. The second kappa shape index (κ2) is 8.28. The van der Waals surface area contributed by atoms with Crippen LogP contribution in [-0.2, 0) is 0 Å². The van der Waals surface area contributed by atoms with E-state index in [-0.39, 0.29) is 5.91 Å². The molecule has 1 aliphatic rings. The summed E-state index contributed by atoms with van der Waals surface area (Å²) in [6, 6.07) is 11.3. The molecule has 1 saturated heterocycles. The summed E-state index contributed by atoms with van der Waals surface area (Å²) >= 11 is 0. The summed E-state index contributed by atoms with van der Waals surface area (Å²) in [5.74, 6) is 1.58. The lowest BCUT2D eigenvalue weighted by Crippen LogP contribution is -2.42. The zero-order valence-corrected chi connectivity index (χ0v) is 14.1.